The first kappa shape index (κ1) is 35.9. The Morgan fingerprint density at radius 2 is 0.500 bits per heavy atom. The third-order valence-electron chi connectivity index (χ3n) is 0. The summed E-state index contributed by atoms with van der Waals surface area (Å²) in [7, 11) is 0. The molecule has 0 aliphatic heterocycles. The van der Waals surface area contributed by atoms with E-state index in [1.165, 1.54) is 0 Å². The monoisotopic (exact) mass is 180 g/mol. The summed E-state index contributed by atoms with van der Waals surface area (Å²) in [6.45, 7) is 0. The first-order valence-electron chi connectivity index (χ1n) is 0. The van der Waals surface area contributed by atoms with Crippen molar-refractivity contribution in [1.82, 2.24) is 0 Å². The molecule has 8 radical (unpaired) electrons. The van der Waals surface area contributed by atoms with E-state index in [0.29, 0.717) is 0 Å². The topological polar surface area (TPSA) is 0 Å². The van der Waals surface area contributed by atoms with Crippen molar-refractivity contribution < 1.29 is 34.1 Å². The van der Waals surface area contributed by atoms with Crippen molar-refractivity contribution in [2.75, 3.05) is 0 Å². The van der Waals surface area contributed by atoms with Crippen molar-refractivity contribution in [3.63, 3.8) is 0 Å². The van der Waals surface area contributed by atoms with E-state index in [4.69, 9.17) is 0 Å². The Bertz CT molecular complexity index is 4.00. The summed E-state index contributed by atoms with van der Waals surface area (Å²) in [6, 6.07) is 0. The molecule has 0 spiro atoms. The molecule has 0 aliphatic rings. The van der Waals surface area contributed by atoms with Crippen LogP contribution in [0.15, 0.2) is 0 Å². The van der Waals surface area contributed by atoms with Crippen LogP contribution in [0.2, 0.25) is 0 Å². The van der Waals surface area contributed by atoms with Crippen LogP contribution in [0.5, 0.6) is 0 Å². The molecule has 0 saturated carbocycles. The van der Waals surface area contributed by atoms with Crippen LogP contribution < -0.4 is 0 Å². The van der Waals surface area contributed by atoms with Gasteiger partial charge in [0.1, 0.15) is 0 Å². The average molecular weight is 181 g/mol. The van der Waals surface area contributed by atoms with Gasteiger partial charge in [-0.05, 0) is 0 Å². The third-order valence-corrected chi connectivity index (χ3v) is 0. The van der Waals surface area contributed by atoms with Crippen molar-refractivity contribution in [3.05, 3.63) is 0 Å². The third kappa shape index (κ3) is 8.93. The van der Waals surface area contributed by atoms with Gasteiger partial charge >= 0.3 is 0 Å². The fourth-order valence-electron chi connectivity index (χ4n) is 0. The molecule has 0 saturated heterocycles. The molecule has 0 heterocycles. The zero-order valence-corrected chi connectivity index (χ0v) is 5.95. The first-order chi connectivity index (χ1) is 0. The van der Waals surface area contributed by atoms with Gasteiger partial charge in [-0.25, -0.2) is 0 Å². The van der Waals surface area contributed by atoms with Crippen molar-refractivity contribution in [3.8, 4) is 0 Å². The molecule has 0 bridgehead atoms. The van der Waals surface area contributed by atoms with Gasteiger partial charge in [-0.2, -0.15) is 0 Å². The maximum atomic E-state index is 0. The second kappa shape index (κ2) is 19.4. The summed E-state index contributed by atoms with van der Waals surface area (Å²) in [6.07, 6.45) is 0. The predicted molar refractivity (Wildman–Crippen MR) is 11.5 cm³/mol. The number of hydrogen-bond donors (Lipinski definition) is 0. The minimum absolute atomic E-state index is 0. The van der Waals surface area contributed by atoms with Crippen LogP contribution in [0.4, 0.5) is 0 Å². The Balaban J connectivity index is 0. The van der Waals surface area contributed by atoms with E-state index < -0.39 is 0 Å². The Kier molecular flexibility index (Phi) is 174. The van der Waals surface area contributed by atoms with Gasteiger partial charge in [0.15, 0.2) is 0 Å². The minimum Gasteiger partial charge on any atom is 0 e. The van der Waals surface area contributed by atoms with Crippen LogP contribution in [-0.2, 0) is 34.1 Å². The SMILES string of the molecule is [Al].[Al].[Cu].[Cu]. The summed E-state index contributed by atoms with van der Waals surface area (Å²) < 4.78 is 0. The molecule has 0 nitrogen and oxygen atoms in total. The van der Waals surface area contributed by atoms with Crippen LogP contribution in [-0.4, -0.2) is 34.7 Å². The van der Waals surface area contributed by atoms with E-state index in [9.17, 15) is 0 Å². The second-order valence-corrected chi connectivity index (χ2v) is 0. The maximum Gasteiger partial charge on any atom is 0 e. The second-order valence-electron chi connectivity index (χ2n) is 0. The van der Waals surface area contributed by atoms with E-state index in [0.717, 1.165) is 0 Å². The summed E-state index contributed by atoms with van der Waals surface area (Å²) in [5.74, 6) is 0. The zero-order chi connectivity index (χ0) is 0. The zero-order valence-electron chi connectivity index (χ0n) is 1.76. The standard InChI is InChI=1S/2Al.2Cu. The Hall–Kier alpha value is 2.10. The molecular formula is Al2Cu2. The molecule has 0 N–H and O–H groups in total. The van der Waals surface area contributed by atoms with Gasteiger partial charge in [-0.3, -0.25) is 0 Å². The molecule has 28 valence electrons. The van der Waals surface area contributed by atoms with Gasteiger partial charge in [0.25, 0.3) is 0 Å². The molecule has 0 aliphatic carbocycles. The van der Waals surface area contributed by atoms with E-state index in [1.807, 2.05) is 0 Å². The van der Waals surface area contributed by atoms with Gasteiger partial charge in [0, 0.05) is 68.9 Å². The predicted octanol–water partition coefficient (Wildman–Crippen LogP) is -0.767. The number of hydrogen-bond acceptors (Lipinski definition) is 0. The summed E-state index contributed by atoms with van der Waals surface area (Å²) in [5.41, 5.74) is 0. The van der Waals surface area contributed by atoms with Crippen LogP contribution >= 0.6 is 0 Å². The summed E-state index contributed by atoms with van der Waals surface area (Å²) >= 11 is 0. The van der Waals surface area contributed by atoms with Gasteiger partial charge in [-0.15, -0.1) is 0 Å². The first-order valence-corrected chi connectivity index (χ1v) is 0. The molecular weight excluding hydrogens is 181 g/mol. The minimum atomic E-state index is 0. The largest absolute Gasteiger partial charge is 0 e. The summed E-state index contributed by atoms with van der Waals surface area (Å²) in [5, 5.41) is 0. The van der Waals surface area contributed by atoms with Crippen LogP contribution in [0, 0.1) is 0 Å². The van der Waals surface area contributed by atoms with Crippen molar-refractivity contribution in [2.24, 2.45) is 0 Å². The van der Waals surface area contributed by atoms with Crippen molar-refractivity contribution in [1.29, 1.82) is 0 Å². The molecule has 4 heteroatoms. The molecule has 0 amide bonds. The van der Waals surface area contributed by atoms with Crippen LogP contribution in [0.25, 0.3) is 0 Å². The molecule has 4 heavy (non-hydrogen) atoms. The normalized spacial score (nSPS) is 0. The van der Waals surface area contributed by atoms with E-state index in [-0.39, 0.29) is 68.9 Å². The van der Waals surface area contributed by atoms with Gasteiger partial charge in [-0.1, -0.05) is 0 Å². The van der Waals surface area contributed by atoms with Gasteiger partial charge in [0.05, 0.1) is 0 Å². The molecule has 0 unspecified atom stereocenters. The number of rotatable bonds is 0. The fraction of sp³-hybridized carbons (Fsp3) is 0. The van der Waals surface area contributed by atoms with Crippen LogP contribution in [0.3, 0.4) is 0 Å². The fourth-order valence-corrected chi connectivity index (χ4v) is 0. The van der Waals surface area contributed by atoms with E-state index in [1.54, 1.807) is 0 Å². The molecule has 0 aromatic rings. The molecule has 0 aromatic carbocycles. The van der Waals surface area contributed by atoms with Crippen molar-refractivity contribution in [2.45, 2.75) is 0 Å². The quantitative estimate of drug-likeness (QED) is 0.430. The molecule has 0 rings (SSSR count). The van der Waals surface area contributed by atoms with Crippen molar-refractivity contribution >= 4 is 34.7 Å². The molecule has 0 atom stereocenters. The van der Waals surface area contributed by atoms with Gasteiger partial charge < -0.3 is 0 Å². The van der Waals surface area contributed by atoms with Gasteiger partial charge in [0.2, 0.25) is 0 Å². The Labute approximate surface area is 68.3 Å². The summed E-state index contributed by atoms with van der Waals surface area (Å²) in [4.78, 5) is 0. The molecule has 0 aromatic heterocycles. The smallest absolute Gasteiger partial charge is 0 e. The Morgan fingerprint density at radius 1 is 0.500 bits per heavy atom. The average Bonchev–Trinajstić information content (AvgIpc) is 0. The maximum absolute atomic E-state index is 0. The van der Waals surface area contributed by atoms with E-state index in [2.05, 4.69) is 0 Å². The Morgan fingerprint density at radius 3 is 0.500 bits per heavy atom. The van der Waals surface area contributed by atoms with Crippen LogP contribution in [0.1, 0.15) is 0 Å². The molecule has 0 fully saturated rings. The van der Waals surface area contributed by atoms with E-state index >= 15 is 0 Å².